The lowest BCUT2D eigenvalue weighted by molar-refractivity contribution is 0.0248. The van der Waals surface area contributed by atoms with Gasteiger partial charge < -0.3 is 20.1 Å². The Balaban J connectivity index is 1.63. The monoisotopic (exact) mass is 500 g/mol. The number of nitrogens with zero attached hydrogens (tertiary/aromatic N) is 3. The van der Waals surface area contributed by atoms with E-state index in [0.29, 0.717) is 34.2 Å². The zero-order valence-corrected chi connectivity index (χ0v) is 21.6. The molecule has 2 aromatic rings. The van der Waals surface area contributed by atoms with Crippen LogP contribution in [-0.2, 0) is 17.8 Å². The van der Waals surface area contributed by atoms with Gasteiger partial charge in [0.05, 0.1) is 29.6 Å². The number of aliphatic hydroxyl groups is 1. The molecule has 0 spiro atoms. The van der Waals surface area contributed by atoms with Crippen LogP contribution in [0.25, 0.3) is 0 Å². The van der Waals surface area contributed by atoms with Crippen molar-refractivity contribution in [3.8, 4) is 0 Å². The molecule has 2 atom stereocenters. The van der Waals surface area contributed by atoms with Crippen molar-refractivity contribution in [2.24, 2.45) is 0 Å². The number of carbonyl (C=O) groups excluding carboxylic acids is 2. The van der Waals surface area contributed by atoms with Crippen LogP contribution < -0.4 is 5.32 Å². The third kappa shape index (κ3) is 5.60. The first-order valence-corrected chi connectivity index (χ1v) is 12.3. The molecule has 188 valence electrons. The predicted octanol–water partition coefficient (Wildman–Crippen LogP) is 5.06. The van der Waals surface area contributed by atoms with Gasteiger partial charge >= 0.3 is 6.09 Å². The molecule has 0 saturated heterocycles. The van der Waals surface area contributed by atoms with Gasteiger partial charge in [0, 0.05) is 17.1 Å². The second-order valence-electron chi connectivity index (χ2n) is 10.6. The third-order valence-corrected chi connectivity index (χ3v) is 6.58. The lowest BCUT2D eigenvalue weighted by Crippen LogP contribution is -2.37. The van der Waals surface area contributed by atoms with E-state index in [-0.39, 0.29) is 18.6 Å². The zero-order chi connectivity index (χ0) is 25.5. The van der Waals surface area contributed by atoms with Crippen molar-refractivity contribution in [1.82, 2.24) is 14.8 Å². The Hall–Kier alpha value is -2.68. The Morgan fingerprint density at radius 1 is 1.26 bits per heavy atom. The number of pyridine rings is 1. The minimum atomic E-state index is -0.721. The van der Waals surface area contributed by atoms with Gasteiger partial charge in [-0.25, -0.2) is 14.7 Å². The topological polar surface area (TPSA) is 95.0 Å². The van der Waals surface area contributed by atoms with Crippen molar-refractivity contribution in [2.45, 2.75) is 70.7 Å². The number of nitrogens with one attached hydrogen (secondary N) is 1. The number of ether oxygens (including phenoxy) is 1. The zero-order valence-electron chi connectivity index (χ0n) is 20.9. The van der Waals surface area contributed by atoms with E-state index < -0.39 is 17.6 Å². The maximum Gasteiger partial charge on any atom is 0.417 e. The van der Waals surface area contributed by atoms with E-state index in [0.717, 1.165) is 35.4 Å². The van der Waals surface area contributed by atoms with Crippen molar-refractivity contribution < 1.29 is 19.4 Å². The van der Waals surface area contributed by atoms with Crippen molar-refractivity contribution in [2.75, 3.05) is 19.4 Å². The van der Waals surface area contributed by atoms with Crippen LogP contribution in [0, 0.1) is 0 Å². The van der Waals surface area contributed by atoms with Gasteiger partial charge in [-0.2, -0.15) is 0 Å². The summed E-state index contributed by atoms with van der Waals surface area (Å²) in [5, 5.41) is 13.7. The molecule has 2 unspecified atom stereocenters. The first-order chi connectivity index (χ1) is 16.4. The minimum absolute atomic E-state index is 0.0552. The molecular weight excluding hydrogens is 468 g/mol. The van der Waals surface area contributed by atoms with Gasteiger partial charge in [0.25, 0.3) is 5.91 Å². The second-order valence-corrected chi connectivity index (χ2v) is 11.0. The van der Waals surface area contributed by atoms with E-state index in [1.807, 2.05) is 20.2 Å². The molecule has 0 radical (unpaired) electrons. The first-order valence-electron chi connectivity index (χ1n) is 11.9. The summed E-state index contributed by atoms with van der Waals surface area (Å²) in [6, 6.07) is 7.39. The van der Waals surface area contributed by atoms with Gasteiger partial charge in [-0.1, -0.05) is 17.7 Å². The number of imide groups is 1. The number of hydrogen-bond acceptors (Lipinski definition) is 7. The van der Waals surface area contributed by atoms with E-state index in [1.165, 1.54) is 0 Å². The van der Waals surface area contributed by atoms with E-state index in [1.54, 1.807) is 32.9 Å². The van der Waals surface area contributed by atoms with Crippen LogP contribution in [0.2, 0.25) is 5.02 Å². The number of anilines is 2. The summed E-state index contributed by atoms with van der Waals surface area (Å²) in [4.78, 5) is 33.9. The molecule has 4 rings (SSSR count). The summed E-state index contributed by atoms with van der Waals surface area (Å²) in [5.74, 6) is 0.423. The van der Waals surface area contributed by atoms with E-state index in [2.05, 4.69) is 16.3 Å². The highest BCUT2D eigenvalue weighted by Gasteiger charge is 2.38. The number of hydrogen-bond donors (Lipinski definition) is 2. The van der Waals surface area contributed by atoms with Crippen molar-refractivity contribution in [3.05, 3.63) is 51.7 Å². The largest absolute Gasteiger partial charge is 0.443 e. The Morgan fingerprint density at radius 3 is 2.63 bits per heavy atom. The van der Waals surface area contributed by atoms with Crippen LogP contribution in [0.15, 0.2) is 24.3 Å². The van der Waals surface area contributed by atoms with E-state index in [9.17, 15) is 14.7 Å². The lowest BCUT2D eigenvalue weighted by atomic mass is 9.95. The van der Waals surface area contributed by atoms with Crippen LogP contribution in [0.5, 0.6) is 0 Å². The predicted molar refractivity (Wildman–Crippen MR) is 135 cm³/mol. The van der Waals surface area contributed by atoms with Crippen molar-refractivity contribution >= 4 is 35.1 Å². The molecule has 1 aromatic heterocycles. The summed E-state index contributed by atoms with van der Waals surface area (Å²) in [5.41, 5.74) is 2.83. The fraction of sp³-hybridized carbons (Fsp3) is 0.500. The third-order valence-electron chi connectivity index (χ3n) is 6.23. The van der Waals surface area contributed by atoms with Crippen LogP contribution in [0.1, 0.15) is 73.1 Å². The lowest BCUT2D eigenvalue weighted by Gasteiger charge is -2.23. The molecule has 1 fully saturated rings. The number of carbonyl (C=O) groups is 2. The molecule has 1 saturated carbocycles. The molecule has 2 heterocycles. The highest BCUT2D eigenvalue weighted by atomic mass is 35.5. The van der Waals surface area contributed by atoms with Gasteiger partial charge in [-0.05, 0) is 83.8 Å². The maximum absolute atomic E-state index is 13.2. The second kappa shape index (κ2) is 9.76. The van der Waals surface area contributed by atoms with E-state index >= 15 is 0 Å². The Labute approximate surface area is 211 Å². The molecular formula is C26H33ClN4O4. The van der Waals surface area contributed by atoms with Crippen LogP contribution in [0.4, 0.5) is 16.3 Å². The van der Waals surface area contributed by atoms with Crippen LogP contribution in [-0.4, -0.2) is 57.7 Å². The molecule has 2 amide bonds. The highest BCUT2D eigenvalue weighted by Crippen LogP contribution is 2.38. The normalized spacial score (nSPS) is 19.9. The number of benzene rings is 1. The number of aliphatic hydroxyl groups excluding tert-OH is 1. The Kier molecular flexibility index (Phi) is 7.09. The average Bonchev–Trinajstić information content (AvgIpc) is 3.33. The number of rotatable bonds is 5. The Morgan fingerprint density at radius 2 is 2.00 bits per heavy atom. The number of fused-ring (bicyclic) bond motifs is 1. The quantitative estimate of drug-likeness (QED) is 0.592. The summed E-state index contributed by atoms with van der Waals surface area (Å²) in [7, 11) is 3.98. The molecule has 0 bridgehead atoms. The molecule has 8 nitrogen and oxygen atoms in total. The van der Waals surface area contributed by atoms with Crippen LogP contribution >= 0.6 is 11.6 Å². The Bertz CT molecular complexity index is 1140. The van der Waals surface area contributed by atoms with E-state index in [4.69, 9.17) is 21.3 Å². The fourth-order valence-electron chi connectivity index (χ4n) is 4.71. The fourth-order valence-corrected chi connectivity index (χ4v) is 4.93. The van der Waals surface area contributed by atoms with Gasteiger partial charge in [0.15, 0.2) is 0 Å². The standard InChI is InChI=1S/C26H33ClN4O4/c1-26(2,3)35-25(34)31-13-18-19(27)9-10-20(23(18)24(31)33)28-22-11-8-17(15-6-7-16(32)12-15)21(29-22)14-30(4)5/h8-11,15-16,32H,6-7,12-14H2,1-5H3,(H,28,29). The number of halogens is 1. The summed E-state index contributed by atoms with van der Waals surface area (Å²) in [6.45, 7) is 5.98. The number of amides is 2. The molecule has 2 N–H and O–H groups in total. The molecule has 2 aliphatic rings. The van der Waals surface area contributed by atoms with Crippen LogP contribution in [0.3, 0.4) is 0 Å². The molecule has 1 aliphatic heterocycles. The van der Waals surface area contributed by atoms with Crippen molar-refractivity contribution in [3.63, 3.8) is 0 Å². The molecule has 9 heteroatoms. The summed E-state index contributed by atoms with van der Waals surface area (Å²) >= 11 is 6.40. The smallest absolute Gasteiger partial charge is 0.417 e. The minimum Gasteiger partial charge on any atom is -0.443 e. The van der Waals surface area contributed by atoms with Crippen molar-refractivity contribution in [1.29, 1.82) is 0 Å². The molecule has 1 aliphatic carbocycles. The molecule has 35 heavy (non-hydrogen) atoms. The van der Waals surface area contributed by atoms with Gasteiger partial charge in [0.2, 0.25) is 0 Å². The van der Waals surface area contributed by atoms with Gasteiger partial charge in [-0.15, -0.1) is 0 Å². The van der Waals surface area contributed by atoms with Gasteiger partial charge in [0.1, 0.15) is 11.4 Å². The maximum atomic E-state index is 13.2. The number of aromatic nitrogens is 1. The van der Waals surface area contributed by atoms with Gasteiger partial charge in [-0.3, -0.25) is 4.79 Å². The summed E-state index contributed by atoms with van der Waals surface area (Å²) < 4.78 is 5.41. The molecule has 1 aromatic carbocycles. The summed E-state index contributed by atoms with van der Waals surface area (Å²) in [6.07, 6.45) is 1.53. The highest BCUT2D eigenvalue weighted by molar-refractivity contribution is 6.32. The first kappa shape index (κ1) is 25.4. The SMILES string of the molecule is CN(C)Cc1nc(Nc2ccc(Cl)c3c2C(=O)N(C(=O)OC(C)(C)C)C3)ccc1C1CCC(O)C1. The average molecular weight is 501 g/mol.